The first-order valence-electron chi connectivity index (χ1n) is 9.44. The van der Waals surface area contributed by atoms with Crippen LogP contribution in [0.15, 0.2) is 24.5 Å². The molecular formula is C20H23FN6O2. The standard InChI is InChI=1S/C20H23FN6O2/c1-20(3-4-20)29-16-7-12(14(22)8-13(16)21)19(23)15-9-17(25-11-24-15)27-6-5-26(2)18(28)10-27/h7-9,11,23H,3-6,10,22H2,1-2H3. The Labute approximate surface area is 168 Å². The van der Waals surface area contributed by atoms with Gasteiger partial charge in [-0.05, 0) is 25.8 Å². The fourth-order valence-electron chi connectivity index (χ4n) is 3.16. The fourth-order valence-corrected chi connectivity index (χ4v) is 3.16. The monoisotopic (exact) mass is 398 g/mol. The van der Waals surface area contributed by atoms with Crippen molar-refractivity contribution < 1.29 is 13.9 Å². The number of nitrogen functional groups attached to an aromatic ring is 1. The smallest absolute Gasteiger partial charge is 0.241 e. The van der Waals surface area contributed by atoms with Gasteiger partial charge in [0.05, 0.1) is 18.0 Å². The predicted molar refractivity (Wildman–Crippen MR) is 107 cm³/mol. The number of halogens is 1. The molecule has 2 aromatic rings. The molecule has 2 heterocycles. The summed E-state index contributed by atoms with van der Waals surface area (Å²) in [5.41, 5.74) is 6.48. The highest BCUT2D eigenvalue weighted by molar-refractivity contribution is 6.13. The minimum absolute atomic E-state index is 0.00429. The van der Waals surface area contributed by atoms with Crippen LogP contribution >= 0.6 is 0 Å². The number of anilines is 2. The maximum Gasteiger partial charge on any atom is 0.241 e. The minimum Gasteiger partial charge on any atom is -0.484 e. The van der Waals surface area contributed by atoms with Gasteiger partial charge in [-0.2, -0.15) is 0 Å². The summed E-state index contributed by atoms with van der Waals surface area (Å²) >= 11 is 0. The molecule has 1 saturated carbocycles. The van der Waals surface area contributed by atoms with Gasteiger partial charge in [0.15, 0.2) is 11.6 Å². The Balaban J connectivity index is 1.61. The number of carbonyl (C=O) groups excluding carboxylic acids is 1. The van der Waals surface area contributed by atoms with Crippen molar-refractivity contribution in [2.24, 2.45) is 0 Å². The average molecular weight is 398 g/mol. The number of benzene rings is 1. The number of nitrogens with two attached hydrogens (primary N) is 1. The van der Waals surface area contributed by atoms with E-state index in [9.17, 15) is 9.18 Å². The van der Waals surface area contributed by atoms with Crippen LogP contribution in [0.1, 0.15) is 31.0 Å². The lowest BCUT2D eigenvalue weighted by Gasteiger charge is -2.32. The molecule has 29 heavy (non-hydrogen) atoms. The third-order valence-corrected chi connectivity index (χ3v) is 5.37. The third-order valence-electron chi connectivity index (χ3n) is 5.37. The molecule has 8 nitrogen and oxygen atoms in total. The Hall–Kier alpha value is -3.23. The summed E-state index contributed by atoms with van der Waals surface area (Å²) in [6.07, 6.45) is 3.08. The molecule has 9 heteroatoms. The molecular weight excluding hydrogens is 375 g/mol. The van der Waals surface area contributed by atoms with Gasteiger partial charge in [-0.15, -0.1) is 0 Å². The van der Waals surface area contributed by atoms with E-state index in [1.807, 2.05) is 11.8 Å². The molecule has 1 aliphatic heterocycles. The first-order chi connectivity index (χ1) is 13.8. The van der Waals surface area contributed by atoms with Crippen LogP contribution in [0.3, 0.4) is 0 Å². The van der Waals surface area contributed by atoms with Crippen molar-refractivity contribution in [3.63, 3.8) is 0 Å². The summed E-state index contributed by atoms with van der Waals surface area (Å²) in [4.78, 5) is 23.9. The summed E-state index contributed by atoms with van der Waals surface area (Å²) in [7, 11) is 1.76. The minimum atomic E-state index is -0.550. The third kappa shape index (κ3) is 3.85. The number of carbonyl (C=O) groups is 1. The number of piperazine rings is 1. The molecule has 1 aromatic heterocycles. The largest absolute Gasteiger partial charge is 0.484 e. The molecule has 4 rings (SSSR count). The number of nitrogens with zero attached hydrogens (tertiary/aromatic N) is 4. The molecule has 1 aromatic carbocycles. The maximum atomic E-state index is 14.3. The van der Waals surface area contributed by atoms with Crippen molar-refractivity contribution in [1.29, 1.82) is 5.41 Å². The van der Waals surface area contributed by atoms with Crippen LogP contribution < -0.4 is 15.4 Å². The molecule has 1 saturated heterocycles. The molecule has 0 spiro atoms. The van der Waals surface area contributed by atoms with Crippen molar-refractivity contribution in [3.8, 4) is 5.75 Å². The zero-order chi connectivity index (χ0) is 20.8. The molecule has 0 radical (unpaired) electrons. The first kappa shape index (κ1) is 19.1. The van der Waals surface area contributed by atoms with Gasteiger partial charge in [0.2, 0.25) is 5.91 Å². The number of aromatic nitrogens is 2. The van der Waals surface area contributed by atoms with Gasteiger partial charge in [-0.1, -0.05) is 0 Å². The number of hydrogen-bond donors (Lipinski definition) is 2. The number of rotatable bonds is 5. The summed E-state index contributed by atoms with van der Waals surface area (Å²) in [5.74, 6) is 0.0953. The van der Waals surface area contributed by atoms with E-state index in [4.69, 9.17) is 15.9 Å². The quantitative estimate of drug-likeness (QED) is 0.588. The number of ether oxygens (including phenoxy) is 1. The second-order valence-corrected chi connectivity index (χ2v) is 7.80. The second-order valence-electron chi connectivity index (χ2n) is 7.80. The summed E-state index contributed by atoms with van der Waals surface area (Å²) in [6.45, 7) is 3.37. The number of likely N-dealkylation sites (N-methyl/N-ethyl adjacent to an activating group) is 1. The van der Waals surface area contributed by atoms with Crippen LogP contribution in [-0.2, 0) is 4.79 Å². The lowest BCUT2D eigenvalue weighted by atomic mass is 10.0. The van der Waals surface area contributed by atoms with Gasteiger partial charge < -0.3 is 20.3 Å². The highest BCUT2D eigenvalue weighted by Gasteiger charge is 2.40. The van der Waals surface area contributed by atoms with E-state index < -0.39 is 5.82 Å². The van der Waals surface area contributed by atoms with E-state index in [0.29, 0.717) is 30.2 Å². The van der Waals surface area contributed by atoms with E-state index in [0.717, 1.165) is 12.8 Å². The molecule has 0 bridgehead atoms. The zero-order valence-corrected chi connectivity index (χ0v) is 16.4. The van der Waals surface area contributed by atoms with Gasteiger partial charge in [0, 0.05) is 43.5 Å². The lowest BCUT2D eigenvalue weighted by Crippen LogP contribution is -2.48. The molecule has 1 amide bonds. The van der Waals surface area contributed by atoms with Crippen LogP contribution in [0.5, 0.6) is 5.75 Å². The Morgan fingerprint density at radius 1 is 1.28 bits per heavy atom. The average Bonchev–Trinajstić information content (AvgIpc) is 3.42. The van der Waals surface area contributed by atoms with Crippen LogP contribution in [-0.4, -0.2) is 58.8 Å². The molecule has 3 N–H and O–H groups in total. The van der Waals surface area contributed by atoms with Gasteiger partial charge in [-0.3, -0.25) is 10.2 Å². The summed E-state index contributed by atoms with van der Waals surface area (Å²) < 4.78 is 20.0. The highest BCUT2D eigenvalue weighted by atomic mass is 19.1. The first-order valence-corrected chi connectivity index (χ1v) is 9.44. The summed E-state index contributed by atoms with van der Waals surface area (Å²) in [6, 6.07) is 4.27. The van der Waals surface area contributed by atoms with E-state index in [1.54, 1.807) is 18.0 Å². The van der Waals surface area contributed by atoms with Crippen LogP contribution in [0.4, 0.5) is 15.9 Å². The molecule has 1 aliphatic carbocycles. The van der Waals surface area contributed by atoms with E-state index in [1.165, 1.54) is 18.5 Å². The van der Waals surface area contributed by atoms with Crippen LogP contribution in [0, 0.1) is 11.2 Å². The Kier molecular flexibility index (Phi) is 4.60. The molecule has 2 fully saturated rings. The predicted octanol–water partition coefficient (Wildman–Crippen LogP) is 1.82. The zero-order valence-electron chi connectivity index (χ0n) is 16.4. The van der Waals surface area contributed by atoms with Gasteiger partial charge >= 0.3 is 0 Å². The normalized spacial score (nSPS) is 18.0. The Bertz CT molecular complexity index is 991. The maximum absolute atomic E-state index is 14.3. The second kappa shape index (κ2) is 6.98. The van der Waals surface area contributed by atoms with Crippen molar-refractivity contribution in [3.05, 3.63) is 41.6 Å². The van der Waals surface area contributed by atoms with E-state index in [-0.39, 0.29) is 35.2 Å². The number of amides is 1. The van der Waals surface area contributed by atoms with E-state index >= 15 is 0 Å². The Morgan fingerprint density at radius 3 is 2.72 bits per heavy atom. The Morgan fingerprint density at radius 2 is 2.03 bits per heavy atom. The molecule has 152 valence electrons. The van der Waals surface area contributed by atoms with Crippen LogP contribution in [0.25, 0.3) is 0 Å². The van der Waals surface area contributed by atoms with E-state index in [2.05, 4.69) is 9.97 Å². The van der Waals surface area contributed by atoms with Crippen LogP contribution in [0.2, 0.25) is 0 Å². The van der Waals surface area contributed by atoms with Crippen molar-refractivity contribution in [2.45, 2.75) is 25.4 Å². The highest BCUT2D eigenvalue weighted by Crippen LogP contribution is 2.41. The molecule has 0 unspecified atom stereocenters. The summed E-state index contributed by atoms with van der Waals surface area (Å²) in [5, 5.41) is 8.57. The van der Waals surface area contributed by atoms with Crippen molar-refractivity contribution in [2.75, 3.05) is 37.3 Å². The van der Waals surface area contributed by atoms with Crippen molar-refractivity contribution in [1.82, 2.24) is 14.9 Å². The van der Waals surface area contributed by atoms with Gasteiger partial charge in [-0.25, -0.2) is 14.4 Å². The van der Waals surface area contributed by atoms with Gasteiger partial charge in [0.1, 0.15) is 17.7 Å². The fraction of sp³-hybridized carbons (Fsp3) is 0.400. The topological polar surface area (TPSA) is 108 Å². The number of nitrogens with one attached hydrogen (secondary N) is 1. The number of hydrogen-bond acceptors (Lipinski definition) is 7. The lowest BCUT2D eigenvalue weighted by molar-refractivity contribution is -0.129. The molecule has 2 aliphatic rings. The van der Waals surface area contributed by atoms with Gasteiger partial charge in [0.25, 0.3) is 0 Å². The molecule has 0 atom stereocenters. The van der Waals surface area contributed by atoms with Crippen molar-refractivity contribution >= 4 is 23.1 Å². The SMILES string of the molecule is CN1CCN(c2cc(C(=N)c3cc(OC4(C)CC4)c(F)cc3N)ncn2)CC1=O.